The van der Waals surface area contributed by atoms with E-state index in [1.807, 2.05) is 19.2 Å². The Morgan fingerprint density at radius 1 is 1.30 bits per heavy atom. The van der Waals surface area contributed by atoms with E-state index in [1.54, 1.807) is 12.1 Å². The minimum absolute atomic E-state index is 0.0288. The number of hydrogen-bond donors (Lipinski definition) is 1. The van der Waals surface area contributed by atoms with E-state index in [0.717, 1.165) is 63.5 Å². The van der Waals surface area contributed by atoms with Gasteiger partial charge in [-0.2, -0.15) is 0 Å². The van der Waals surface area contributed by atoms with Crippen LogP contribution >= 0.6 is 0 Å². The molecule has 2 heterocycles. The third-order valence-electron chi connectivity index (χ3n) is 6.09. The first-order chi connectivity index (χ1) is 13.0. The van der Waals surface area contributed by atoms with Crippen LogP contribution in [0.15, 0.2) is 29.3 Å². The minimum Gasteiger partial charge on any atom is -0.381 e. The fourth-order valence-electron chi connectivity index (χ4n) is 4.60. The first kappa shape index (κ1) is 20.1. The number of halogens is 1. The molecule has 0 aliphatic carbocycles. The van der Waals surface area contributed by atoms with Crippen LogP contribution in [0.5, 0.6) is 0 Å². The van der Waals surface area contributed by atoms with Crippen LogP contribution in [0.25, 0.3) is 0 Å². The third-order valence-corrected chi connectivity index (χ3v) is 6.09. The van der Waals surface area contributed by atoms with Crippen molar-refractivity contribution in [2.24, 2.45) is 16.8 Å². The van der Waals surface area contributed by atoms with Gasteiger partial charge in [0.2, 0.25) is 0 Å². The molecule has 0 aromatic heterocycles. The molecule has 2 fully saturated rings. The van der Waals surface area contributed by atoms with Crippen molar-refractivity contribution in [1.29, 1.82) is 0 Å². The van der Waals surface area contributed by atoms with Gasteiger partial charge in [-0.05, 0) is 55.2 Å². The summed E-state index contributed by atoms with van der Waals surface area (Å²) in [6.45, 7) is 9.06. The van der Waals surface area contributed by atoms with Gasteiger partial charge in [0.05, 0.1) is 0 Å². The molecule has 3 rings (SSSR count). The highest BCUT2D eigenvalue weighted by Gasteiger charge is 2.35. The average molecular weight is 376 g/mol. The van der Waals surface area contributed by atoms with Crippen LogP contribution in [-0.2, 0) is 10.2 Å². The van der Waals surface area contributed by atoms with Gasteiger partial charge in [-0.1, -0.05) is 26.0 Å². The van der Waals surface area contributed by atoms with E-state index >= 15 is 0 Å². The summed E-state index contributed by atoms with van der Waals surface area (Å²) in [6.07, 6.45) is 4.41. The van der Waals surface area contributed by atoms with Crippen molar-refractivity contribution in [3.8, 4) is 0 Å². The van der Waals surface area contributed by atoms with E-state index < -0.39 is 0 Å². The third kappa shape index (κ3) is 5.01. The number of benzene rings is 1. The van der Waals surface area contributed by atoms with Gasteiger partial charge in [0.15, 0.2) is 5.96 Å². The molecule has 5 heteroatoms. The smallest absolute Gasteiger partial charge is 0.193 e. The first-order valence-corrected chi connectivity index (χ1v) is 10.3. The molecule has 1 aromatic carbocycles. The maximum atomic E-state index is 13.4. The van der Waals surface area contributed by atoms with Gasteiger partial charge in [0.25, 0.3) is 0 Å². The Labute approximate surface area is 163 Å². The monoisotopic (exact) mass is 375 g/mol. The van der Waals surface area contributed by atoms with Gasteiger partial charge in [0, 0.05) is 45.3 Å². The van der Waals surface area contributed by atoms with Crippen LogP contribution in [0.1, 0.15) is 45.1 Å². The highest BCUT2D eigenvalue weighted by Crippen LogP contribution is 2.34. The normalized spacial score (nSPS) is 23.1. The minimum atomic E-state index is -0.182. The van der Waals surface area contributed by atoms with Crippen molar-refractivity contribution in [1.82, 2.24) is 10.2 Å². The average Bonchev–Trinajstić information content (AvgIpc) is 3.11. The Morgan fingerprint density at radius 2 is 2.00 bits per heavy atom. The zero-order valence-electron chi connectivity index (χ0n) is 17.0. The fourth-order valence-corrected chi connectivity index (χ4v) is 4.60. The number of ether oxygens (including phenoxy) is 1. The van der Waals surface area contributed by atoms with Gasteiger partial charge < -0.3 is 15.0 Å². The summed E-state index contributed by atoms with van der Waals surface area (Å²) in [5, 5.41) is 3.64. The van der Waals surface area contributed by atoms with E-state index in [1.165, 1.54) is 18.4 Å². The van der Waals surface area contributed by atoms with Crippen LogP contribution in [0, 0.1) is 17.7 Å². The number of hydrogen-bond acceptors (Lipinski definition) is 2. The van der Waals surface area contributed by atoms with E-state index in [4.69, 9.17) is 4.74 Å². The molecule has 1 unspecified atom stereocenters. The number of rotatable bonds is 5. The summed E-state index contributed by atoms with van der Waals surface area (Å²) in [5.41, 5.74) is 1.16. The summed E-state index contributed by atoms with van der Waals surface area (Å²) in [7, 11) is 1.87. The highest BCUT2D eigenvalue weighted by atomic mass is 19.1. The van der Waals surface area contributed by atoms with Gasteiger partial charge in [-0.25, -0.2) is 4.39 Å². The van der Waals surface area contributed by atoms with E-state index in [-0.39, 0.29) is 11.2 Å². The molecule has 2 aliphatic rings. The number of likely N-dealkylation sites (tertiary alicyclic amines) is 1. The molecule has 1 atom stereocenters. The molecule has 27 heavy (non-hydrogen) atoms. The van der Waals surface area contributed by atoms with Crippen molar-refractivity contribution in [3.05, 3.63) is 35.6 Å². The largest absolute Gasteiger partial charge is 0.381 e. The molecule has 0 bridgehead atoms. The lowest BCUT2D eigenvalue weighted by atomic mass is 9.74. The fraction of sp³-hybridized carbons (Fsp3) is 0.682. The lowest BCUT2D eigenvalue weighted by Crippen LogP contribution is -2.48. The van der Waals surface area contributed by atoms with Crippen molar-refractivity contribution >= 4 is 5.96 Å². The van der Waals surface area contributed by atoms with Crippen molar-refractivity contribution in [2.45, 2.75) is 44.9 Å². The number of guanidine groups is 1. The van der Waals surface area contributed by atoms with E-state index in [2.05, 4.69) is 29.1 Å². The Kier molecular flexibility index (Phi) is 6.74. The molecule has 0 saturated carbocycles. The van der Waals surface area contributed by atoms with Crippen LogP contribution in [-0.4, -0.2) is 50.8 Å². The van der Waals surface area contributed by atoms with Crippen LogP contribution < -0.4 is 5.32 Å². The number of aliphatic imine (C=N–C) groups is 1. The quantitative estimate of drug-likeness (QED) is 0.628. The van der Waals surface area contributed by atoms with Gasteiger partial charge in [-0.15, -0.1) is 0 Å². The summed E-state index contributed by atoms with van der Waals surface area (Å²) in [4.78, 5) is 6.94. The predicted molar refractivity (Wildman–Crippen MR) is 109 cm³/mol. The van der Waals surface area contributed by atoms with E-state index in [9.17, 15) is 4.39 Å². The second-order valence-electron chi connectivity index (χ2n) is 8.53. The first-order valence-electron chi connectivity index (χ1n) is 10.3. The summed E-state index contributed by atoms with van der Waals surface area (Å²) >= 11 is 0. The summed E-state index contributed by atoms with van der Waals surface area (Å²) in [6, 6.07) is 7.00. The standard InChI is InChI=1S/C22H34FN3O/c1-17(2)14-18-8-11-26(15-18)21(24-3)25-16-22(9-12-27-13-10-22)19-4-6-20(23)7-5-19/h4-7,17-18H,8-16H2,1-3H3,(H,24,25). The Morgan fingerprint density at radius 3 is 2.63 bits per heavy atom. The van der Waals surface area contributed by atoms with Crippen molar-refractivity contribution in [2.75, 3.05) is 39.9 Å². The lowest BCUT2D eigenvalue weighted by molar-refractivity contribution is 0.0512. The van der Waals surface area contributed by atoms with Crippen LogP contribution in [0.2, 0.25) is 0 Å². The Balaban J connectivity index is 1.66. The van der Waals surface area contributed by atoms with Crippen molar-refractivity contribution in [3.63, 3.8) is 0 Å². The van der Waals surface area contributed by atoms with Crippen LogP contribution in [0.3, 0.4) is 0 Å². The molecule has 2 saturated heterocycles. The molecular weight excluding hydrogens is 341 g/mol. The number of nitrogens with one attached hydrogen (secondary N) is 1. The number of nitrogens with zero attached hydrogens (tertiary/aromatic N) is 2. The maximum absolute atomic E-state index is 13.4. The highest BCUT2D eigenvalue weighted by molar-refractivity contribution is 5.80. The second-order valence-corrected chi connectivity index (χ2v) is 8.53. The summed E-state index contributed by atoms with van der Waals surface area (Å²) < 4.78 is 19.0. The van der Waals surface area contributed by atoms with E-state index in [0.29, 0.717) is 0 Å². The second kappa shape index (κ2) is 9.05. The Bertz CT molecular complexity index is 623. The molecule has 1 N–H and O–H groups in total. The zero-order chi connectivity index (χ0) is 19.3. The SMILES string of the molecule is CN=C(NCC1(c2ccc(F)cc2)CCOCC1)N1CCC(CC(C)C)C1. The van der Waals surface area contributed by atoms with Crippen LogP contribution in [0.4, 0.5) is 4.39 Å². The van der Waals surface area contributed by atoms with Gasteiger partial charge >= 0.3 is 0 Å². The molecule has 1 aromatic rings. The molecule has 0 amide bonds. The maximum Gasteiger partial charge on any atom is 0.193 e. The summed E-state index contributed by atoms with van der Waals surface area (Å²) in [5.74, 6) is 2.32. The molecule has 150 valence electrons. The molecule has 0 radical (unpaired) electrons. The topological polar surface area (TPSA) is 36.9 Å². The van der Waals surface area contributed by atoms with Gasteiger partial charge in [-0.3, -0.25) is 4.99 Å². The zero-order valence-corrected chi connectivity index (χ0v) is 17.0. The van der Waals surface area contributed by atoms with Crippen molar-refractivity contribution < 1.29 is 9.13 Å². The molecule has 0 spiro atoms. The molecule has 2 aliphatic heterocycles. The lowest BCUT2D eigenvalue weighted by Gasteiger charge is -2.39. The Hall–Kier alpha value is -1.62. The molecular formula is C22H34FN3O. The predicted octanol–water partition coefficient (Wildman–Crippen LogP) is 3.82. The van der Waals surface area contributed by atoms with Gasteiger partial charge in [0.1, 0.15) is 5.82 Å². The molecule has 4 nitrogen and oxygen atoms in total.